The zero-order valence-electron chi connectivity index (χ0n) is 10.9. The van der Waals surface area contributed by atoms with Crippen molar-refractivity contribution in [3.8, 4) is 0 Å². The van der Waals surface area contributed by atoms with Gasteiger partial charge in [0.25, 0.3) is 0 Å². The lowest BCUT2D eigenvalue weighted by atomic mass is 9.78. The number of aromatic carboxylic acids is 1. The monoisotopic (exact) mass is 248 g/mol. The van der Waals surface area contributed by atoms with Crippen molar-refractivity contribution in [2.75, 3.05) is 5.32 Å². The van der Waals surface area contributed by atoms with Crippen LogP contribution in [0.15, 0.2) is 18.5 Å². The van der Waals surface area contributed by atoms with Crippen LogP contribution in [0, 0.1) is 11.8 Å². The number of nitrogens with zero attached hydrogens (tertiary/aromatic N) is 1. The third-order valence-corrected chi connectivity index (χ3v) is 4.10. The maximum absolute atomic E-state index is 11.1. The summed E-state index contributed by atoms with van der Waals surface area (Å²) in [5.41, 5.74) is 0.936. The molecule has 0 spiro atoms. The molecule has 0 saturated heterocycles. The number of hydrogen-bond donors (Lipinski definition) is 2. The Hall–Kier alpha value is -1.58. The van der Waals surface area contributed by atoms with Crippen molar-refractivity contribution in [2.45, 2.75) is 39.2 Å². The van der Waals surface area contributed by atoms with Gasteiger partial charge in [0.05, 0.1) is 5.69 Å². The fourth-order valence-electron chi connectivity index (χ4n) is 2.68. The second-order valence-corrected chi connectivity index (χ2v) is 5.24. The zero-order valence-corrected chi connectivity index (χ0v) is 10.9. The summed E-state index contributed by atoms with van der Waals surface area (Å²) >= 11 is 0. The van der Waals surface area contributed by atoms with Crippen LogP contribution >= 0.6 is 0 Å². The highest BCUT2D eigenvalue weighted by Gasteiger charge is 2.27. The summed E-state index contributed by atoms with van der Waals surface area (Å²) in [4.78, 5) is 15.0. The summed E-state index contributed by atoms with van der Waals surface area (Å²) in [5, 5.41) is 12.5. The third kappa shape index (κ3) is 2.63. The molecular formula is C14H20N2O2. The molecule has 4 heteroatoms. The van der Waals surface area contributed by atoms with E-state index in [0.717, 1.165) is 6.42 Å². The van der Waals surface area contributed by atoms with Gasteiger partial charge in [-0.2, -0.15) is 0 Å². The van der Waals surface area contributed by atoms with E-state index in [0.29, 0.717) is 23.6 Å². The Morgan fingerprint density at radius 1 is 1.44 bits per heavy atom. The quantitative estimate of drug-likeness (QED) is 0.863. The summed E-state index contributed by atoms with van der Waals surface area (Å²) in [7, 11) is 0. The van der Waals surface area contributed by atoms with Gasteiger partial charge in [-0.3, -0.25) is 4.98 Å². The second kappa shape index (κ2) is 5.38. The van der Waals surface area contributed by atoms with Crippen molar-refractivity contribution < 1.29 is 9.90 Å². The first-order valence-corrected chi connectivity index (χ1v) is 6.53. The standard InChI is InChI=1S/C14H20N2O2/c1-9-4-3-5-12(10(9)2)16-13-6-7-15-8-11(13)14(17)18/h6-10,12H,3-5H2,1-2H3,(H,15,16)(H,17,18). The first kappa shape index (κ1) is 12.9. The molecule has 1 fully saturated rings. The number of carbonyl (C=O) groups is 1. The Labute approximate surface area is 107 Å². The number of rotatable bonds is 3. The van der Waals surface area contributed by atoms with Crippen molar-refractivity contribution in [3.05, 3.63) is 24.0 Å². The Morgan fingerprint density at radius 2 is 2.22 bits per heavy atom. The molecule has 98 valence electrons. The predicted molar refractivity (Wildman–Crippen MR) is 70.8 cm³/mol. The van der Waals surface area contributed by atoms with E-state index >= 15 is 0 Å². The molecular weight excluding hydrogens is 228 g/mol. The van der Waals surface area contributed by atoms with E-state index in [2.05, 4.69) is 24.1 Å². The van der Waals surface area contributed by atoms with Gasteiger partial charge < -0.3 is 10.4 Å². The van der Waals surface area contributed by atoms with Crippen LogP contribution in [0.4, 0.5) is 5.69 Å². The van der Waals surface area contributed by atoms with Gasteiger partial charge in [0.15, 0.2) is 0 Å². The van der Waals surface area contributed by atoms with E-state index in [1.54, 1.807) is 12.3 Å². The number of carboxylic acids is 1. The van der Waals surface area contributed by atoms with Crippen molar-refractivity contribution in [1.29, 1.82) is 0 Å². The van der Waals surface area contributed by atoms with Crippen molar-refractivity contribution >= 4 is 11.7 Å². The van der Waals surface area contributed by atoms with E-state index in [1.807, 2.05) is 0 Å². The molecule has 0 amide bonds. The topological polar surface area (TPSA) is 62.2 Å². The maximum Gasteiger partial charge on any atom is 0.339 e. The highest BCUT2D eigenvalue weighted by molar-refractivity contribution is 5.93. The molecule has 2 rings (SSSR count). The van der Waals surface area contributed by atoms with Crippen LogP contribution in [0.2, 0.25) is 0 Å². The Balaban J connectivity index is 2.16. The van der Waals surface area contributed by atoms with Gasteiger partial charge in [0, 0.05) is 18.4 Å². The average molecular weight is 248 g/mol. The van der Waals surface area contributed by atoms with Gasteiger partial charge >= 0.3 is 5.97 Å². The van der Waals surface area contributed by atoms with Gasteiger partial charge in [-0.25, -0.2) is 4.79 Å². The first-order valence-electron chi connectivity index (χ1n) is 6.53. The lowest BCUT2D eigenvalue weighted by molar-refractivity contribution is 0.0697. The van der Waals surface area contributed by atoms with Crippen LogP contribution in [0.1, 0.15) is 43.5 Å². The molecule has 18 heavy (non-hydrogen) atoms. The molecule has 1 aromatic rings. The van der Waals surface area contributed by atoms with Crippen LogP contribution < -0.4 is 5.32 Å². The molecule has 1 aromatic heterocycles. The molecule has 3 atom stereocenters. The largest absolute Gasteiger partial charge is 0.478 e. The molecule has 0 aliphatic heterocycles. The smallest absolute Gasteiger partial charge is 0.339 e. The van der Waals surface area contributed by atoms with Crippen LogP contribution in [0.5, 0.6) is 0 Å². The Kier molecular flexibility index (Phi) is 3.84. The number of nitrogens with one attached hydrogen (secondary N) is 1. The van der Waals surface area contributed by atoms with Gasteiger partial charge in [0.2, 0.25) is 0 Å². The van der Waals surface area contributed by atoms with E-state index in [-0.39, 0.29) is 5.56 Å². The van der Waals surface area contributed by atoms with Gasteiger partial charge in [0.1, 0.15) is 5.56 Å². The van der Waals surface area contributed by atoms with E-state index in [4.69, 9.17) is 5.11 Å². The fourth-order valence-corrected chi connectivity index (χ4v) is 2.68. The molecule has 0 bridgehead atoms. The number of carboxylic acid groups (broad SMARTS) is 1. The maximum atomic E-state index is 11.1. The van der Waals surface area contributed by atoms with Crippen LogP contribution in [0.25, 0.3) is 0 Å². The number of aromatic nitrogens is 1. The highest BCUT2D eigenvalue weighted by Crippen LogP contribution is 2.32. The Morgan fingerprint density at radius 3 is 2.94 bits per heavy atom. The molecule has 1 saturated carbocycles. The summed E-state index contributed by atoms with van der Waals surface area (Å²) in [6.07, 6.45) is 6.61. The van der Waals surface area contributed by atoms with E-state index < -0.39 is 5.97 Å². The third-order valence-electron chi connectivity index (χ3n) is 4.10. The van der Waals surface area contributed by atoms with Crippen LogP contribution in [-0.4, -0.2) is 22.1 Å². The van der Waals surface area contributed by atoms with Gasteiger partial charge in [-0.1, -0.05) is 26.7 Å². The second-order valence-electron chi connectivity index (χ2n) is 5.24. The summed E-state index contributed by atoms with van der Waals surface area (Å²) < 4.78 is 0. The number of hydrogen-bond acceptors (Lipinski definition) is 3. The lowest BCUT2D eigenvalue weighted by Crippen LogP contribution is -2.35. The molecule has 0 aromatic carbocycles. The molecule has 1 aliphatic rings. The molecule has 2 N–H and O–H groups in total. The zero-order chi connectivity index (χ0) is 13.1. The Bertz CT molecular complexity index is 434. The summed E-state index contributed by atoms with van der Waals surface area (Å²) in [6, 6.07) is 2.10. The van der Waals surface area contributed by atoms with Gasteiger partial charge in [-0.15, -0.1) is 0 Å². The normalized spacial score (nSPS) is 27.8. The lowest BCUT2D eigenvalue weighted by Gasteiger charge is -2.35. The fraction of sp³-hybridized carbons (Fsp3) is 0.571. The summed E-state index contributed by atoms with van der Waals surface area (Å²) in [6.45, 7) is 4.51. The van der Waals surface area contributed by atoms with Crippen molar-refractivity contribution in [3.63, 3.8) is 0 Å². The van der Waals surface area contributed by atoms with Crippen molar-refractivity contribution in [2.24, 2.45) is 11.8 Å². The molecule has 4 nitrogen and oxygen atoms in total. The van der Waals surface area contributed by atoms with Crippen LogP contribution in [-0.2, 0) is 0 Å². The minimum atomic E-state index is -0.929. The molecule has 0 radical (unpaired) electrons. The first-order chi connectivity index (χ1) is 8.59. The number of anilines is 1. The minimum Gasteiger partial charge on any atom is -0.478 e. The minimum absolute atomic E-state index is 0.253. The van der Waals surface area contributed by atoms with Crippen LogP contribution in [0.3, 0.4) is 0 Å². The predicted octanol–water partition coefficient (Wildman–Crippen LogP) is 3.02. The SMILES string of the molecule is CC1CCCC(Nc2ccncc2C(=O)O)C1C. The molecule has 1 heterocycles. The number of pyridine rings is 1. The van der Waals surface area contributed by atoms with E-state index in [9.17, 15) is 4.79 Å². The van der Waals surface area contributed by atoms with Crippen molar-refractivity contribution in [1.82, 2.24) is 4.98 Å². The summed E-state index contributed by atoms with van der Waals surface area (Å²) in [5.74, 6) is 0.321. The van der Waals surface area contributed by atoms with E-state index in [1.165, 1.54) is 19.0 Å². The molecule has 1 aliphatic carbocycles. The molecule has 3 unspecified atom stereocenters. The highest BCUT2D eigenvalue weighted by atomic mass is 16.4. The average Bonchev–Trinajstić information content (AvgIpc) is 2.35. The van der Waals surface area contributed by atoms with Gasteiger partial charge in [-0.05, 0) is 24.3 Å².